The SMILES string of the molecule is COC(=O)C1=C(N)OC2=C(C(=O)CCC2)[C@H]1c1ccc(OCc2ccc(I)cc2)c(Br)c1. The summed E-state index contributed by atoms with van der Waals surface area (Å²) < 4.78 is 18.5. The van der Waals surface area contributed by atoms with Gasteiger partial charge in [0.25, 0.3) is 0 Å². The Labute approximate surface area is 208 Å². The molecule has 1 heterocycles. The minimum Gasteiger partial charge on any atom is -0.488 e. The summed E-state index contributed by atoms with van der Waals surface area (Å²) in [4.78, 5) is 25.4. The zero-order valence-electron chi connectivity index (χ0n) is 17.3. The van der Waals surface area contributed by atoms with Crippen LogP contribution in [0.15, 0.2) is 69.7 Å². The molecule has 0 aromatic heterocycles. The molecule has 2 aliphatic rings. The highest BCUT2D eigenvalue weighted by Gasteiger charge is 2.41. The molecule has 0 fully saturated rings. The first-order valence-electron chi connectivity index (χ1n) is 10.1. The average molecular weight is 610 g/mol. The van der Waals surface area contributed by atoms with Crippen LogP contribution in [-0.2, 0) is 25.7 Å². The molecule has 2 N–H and O–H groups in total. The summed E-state index contributed by atoms with van der Waals surface area (Å²) >= 11 is 5.83. The third-order valence-electron chi connectivity index (χ3n) is 5.49. The first-order valence-corrected chi connectivity index (χ1v) is 11.9. The second-order valence-corrected chi connectivity index (χ2v) is 9.62. The molecule has 1 atom stereocenters. The molecule has 4 rings (SSSR count). The maximum Gasteiger partial charge on any atom is 0.340 e. The molecule has 8 heteroatoms. The molecule has 0 radical (unpaired) electrons. The molecule has 166 valence electrons. The lowest BCUT2D eigenvalue weighted by atomic mass is 9.77. The van der Waals surface area contributed by atoms with Crippen LogP contribution >= 0.6 is 38.5 Å². The number of Topliss-reactive ketones (excluding diaryl/α,β-unsaturated/α-hetero) is 1. The Hall–Kier alpha value is -2.33. The van der Waals surface area contributed by atoms with Crippen LogP contribution in [0, 0.1) is 3.57 Å². The van der Waals surface area contributed by atoms with Gasteiger partial charge in [0.15, 0.2) is 5.78 Å². The van der Waals surface area contributed by atoms with E-state index in [-0.39, 0.29) is 17.2 Å². The van der Waals surface area contributed by atoms with Gasteiger partial charge in [-0.3, -0.25) is 4.79 Å². The summed E-state index contributed by atoms with van der Waals surface area (Å²) in [6, 6.07) is 13.6. The van der Waals surface area contributed by atoms with Crippen LogP contribution in [0.1, 0.15) is 36.3 Å². The predicted molar refractivity (Wildman–Crippen MR) is 131 cm³/mol. The molecular weight excluding hydrogens is 589 g/mol. The second-order valence-electron chi connectivity index (χ2n) is 7.52. The van der Waals surface area contributed by atoms with Gasteiger partial charge in [-0.25, -0.2) is 4.79 Å². The zero-order valence-corrected chi connectivity index (χ0v) is 21.1. The first-order chi connectivity index (χ1) is 15.4. The van der Waals surface area contributed by atoms with Crippen LogP contribution in [0.25, 0.3) is 0 Å². The van der Waals surface area contributed by atoms with Crippen molar-refractivity contribution < 1.29 is 23.8 Å². The number of esters is 1. The molecule has 0 unspecified atom stereocenters. The Morgan fingerprint density at radius 2 is 1.97 bits per heavy atom. The average Bonchev–Trinajstić information content (AvgIpc) is 2.78. The number of hydrogen-bond acceptors (Lipinski definition) is 6. The van der Waals surface area contributed by atoms with Crippen LogP contribution in [0.5, 0.6) is 5.75 Å². The minimum atomic E-state index is -0.652. The maximum atomic E-state index is 12.8. The normalized spacial score (nSPS) is 18.2. The van der Waals surface area contributed by atoms with Crippen LogP contribution in [0.2, 0.25) is 0 Å². The summed E-state index contributed by atoms with van der Waals surface area (Å²) in [6.45, 7) is 0.417. The monoisotopic (exact) mass is 609 g/mol. The van der Waals surface area contributed by atoms with Crippen molar-refractivity contribution in [3.63, 3.8) is 0 Å². The van der Waals surface area contributed by atoms with E-state index in [1.54, 1.807) is 0 Å². The van der Waals surface area contributed by atoms with Crippen molar-refractivity contribution >= 4 is 50.3 Å². The molecule has 32 heavy (non-hydrogen) atoms. The summed E-state index contributed by atoms with van der Waals surface area (Å²) in [5.41, 5.74) is 8.50. The van der Waals surface area contributed by atoms with E-state index in [1.165, 1.54) is 7.11 Å². The molecule has 0 amide bonds. The molecule has 0 saturated carbocycles. The smallest absolute Gasteiger partial charge is 0.340 e. The number of halogens is 2. The lowest BCUT2D eigenvalue weighted by molar-refractivity contribution is -0.136. The van der Waals surface area contributed by atoms with E-state index in [4.69, 9.17) is 19.9 Å². The van der Waals surface area contributed by atoms with Gasteiger partial charge in [0.1, 0.15) is 23.7 Å². The standard InChI is InChI=1S/C24H21BrINO5/c1-30-24(29)22-20(21-17(28)3-2-4-19(21)32-23(22)27)14-7-10-18(16(25)11-14)31-12-13-5-8-15(26)9-6-13/h5-11,20H,2-4,12,27H2,1H3/t20-/m1/s1. The highest BCUT2D eigenvalue weighted by atomic mass is 127. The molecule has 2 aromatic carbocycles. The highest BCUT2D eigenvalue weighted by Crippen LogP contribution is 2.45. The van der Waals surface area contributed by atoms with E-state index < -0.39 is 11.9 Å². The quantitative estimate of drug-likeness (QED) is 0.375. The number of ketones is 1. The molecular formula is C24H21BrINO5. The molecule has 0 bridgehead atoms. The van der Waals surface area contributed by atoms with Crippen molar-refractivity contribution in [1.82, 2.24) is 0 Å². The molecule has 2 aromatic rings. The Balaban J connectivity index is 1.67. The van der Waals surface area contributed by atoms with E-state index in [1.807, 2.05) is 42.5 Å². The first kappa shape index (κ1) is 22.8. The van der Waals surface area contributed by atoms with Crippen molar-refractivity contribution in [1.29, 1.82) is 0 Å². The van der Waals surface area contributed by atoms with E-state index in [0.717, 1.165) is 14.7 Å². The predicted octanol–water partition coefficient (Wildman–Crippen LogP) is 5.10. The minimum absolute atomic E-state index is 0.0227. The summed E-state index contributed by atoms with van der Waals surface area (Å²) in [6.07, 6.45) is 1.71. The van der Waals surface area contributed by atoms with Crippen molar-refractivity contribution in [2.45, 2.75) is 31.8 Å². The van der Waals surface area contributed by atoms with Crippen molar-refractivity contribution in [2.75, 3.05) is 7.11 Å². The van der Waals surface area contributed by atoms with E-state index in [2.05, 4.69) is 38.5 Å². The van der Waals surface area contributed by atoms with Gasteiger partial charge in [0, 0.05) is 22.0 Å². The molecule has 1 aliphatic heterocycles. The van der Waals surface area contributed by atoms with Crippen molar-refractivity contribution in [2.24, 2.45) is 5.73 Å². The summed E-state index contributed by atoms with van der Waals surface area (Å²) in [5, 5.41) is 0. The third kappa shape index (κ3) is 4.56. The number of carbonyl (C=O) groups excluding carboxylic acids is 2. The molecule has 0 saturated heterocycles. The van der Waals surface area contributed by atoms with Crippen LogP contribution in [0.4, 0.5) is 0 Å². The van der Waals surface area contributed by atoms with Gasteiger partial charge in [-0.2, -0.15) is 0 Å². The van der Waals surface area contributed by atoms with E-state index >= 15 is 0 Å². The number of allylic oxidation sites excluding steroid dienone is 2. The van der Waals surface area contributed by atoms with Crippen LogP contribution in [0.3, 0.4) is 0 Å². The molecule has 6 nitrogen and oxygen atoms in total. The lowest BCUT2D eigenvalue weighted by Gasteiger charge is -2.32. The Morgan fingerprint density at radius 1 is 1.22 bits per heavy atom. The Morgan fingerprint density at radius 3 is 2.66 bits per heavy atom. The highest BCUT2D eigenvalue weighted by molar-refractivity contribution is 14.1. The van der Waals surface area contributed by atoms with Gasteiger partial charge in [-0.1, -0.05) is 18.2 Å². The van der Waals surface area contributed by atoms with Crippen LogP contribution in [-0.4, -0.2) is 18.9 Å². The van der Waals surface area contributed by atoms with Gasteiger partial charge >= 0.3 is 5.97 Å². The van der Waals surface area contributed by atoms with Gasteiger partial charge in [0.2, 0.25) is 5.88 Å². The second kappa shape index (κ2) is 9.66. The summed E-state index contributed by atoms with van der Waals surface area (Å²) in [5.74, 6) is -0.148. The number of ether oxygens (including phenoxy) is 3. The van der Waals surface area contributed by atoms with Gasteiger partial charge in [-0.05, 0) is 80.3 Å². The summed E-state index contributed by atoms with van der Waals surface area (Å²) in [7, 11) is 1.28. The number of carbonyl (C=O) groups is 2. The maximum absolute atomic E-state index is 12.8. The largest absolute Gasteiger partial charge is 0.488 e. The van der Waals surface area contributed by atoms with E-state index in [0.29, 0.717) is 47.4 Å². The Bertz CT molecular complexity index is 1140. The van der Waals surface area contributed by atoms with Crippen molar-refractivity contribution in [3.05, 3.63) is 84.4 Å². The van der Waals surface area contributed by atoms with Gasteiger partial charge < -0.3 is 19.9 Å². The van der Waals surface area contributed by atoms with Gasteiger partial charge in [0.05, 0.1) is 17.5 Å². The number of hydrogen-bond donors (Lipinski definition) is 1. The number of nitrogens with two attached hydrogens (primary N) is 1. The number of benzene rings is 2. The fourth-order valence-electron chi connectivity index (χ4n) is 3.95. The number of methoxy groups -OCH3 is 1. The lowest BCUT2D eigenvalue weighted by Crippen LogP contribution is -2.31. The van der Waals surface area contributed by atoms with Gasteiger partial charge in [-0.15, -0.1) is 0 Å². The van der Waals surface area contributed by atoms with Crippen molar-refractivity contribution in [3.8, 4) is 5.75 Å². The molecule has 1 aliphatic carbocycles. The third-order valence-corrected chi connectivity index (χ3v) is 6.83. The van der Waals surface area contributed by atoms with E-state index in [9.17, 15) is 9.59 Å². The fraction of sp³-hybridized carbons (Fsp3) is 0.250. The topological polar surface area (TPSA) is 87.9 Å². The molecule has 0 spiro atoms. The fourth-order valence-corrected chi connectivity index (χ4v) is 4.82. The number of rotatable bonds is 5. The Kier molecular flexibility index (Phi) is 6.90. The van der Waals surface area contributed by atoms with Crippen LogP contribution < -0.4 is 10.5 Å². The zero-order chi connectivity index (χ0) is 22.8.